The molecule has 1 aliphatic heterocycles. The maximum absolute atomic E-state index is 12.0. The first-order valence-electron chi connectivity index (χ1n) is 5.13. The zero-order valence-corrected chi connectivity index (χ0v) is 8.57. The monoisotopic (exact) mass is 205 g/mol. The molecule has 0 aromatic heterocycles. The third-order valence-electron chi connectivity index (χ3n) is 2.53. The minimum atomic E-state index is 0.0715. The maximum atomic E-state index is 12.0. The highest BCUT2D eigenvalue weighted by Crippen LogP contribution is 2.09. The number of benzene rings is 1. The summed E-state index contributed by atoms with van der Waals surface area (Å²) in [6.45, 7) is 2.46. The lowest BCUT2D eigenvalue weighted by atomic mass is 10.1. The van der Waals surface area contributed by atoms with Crippen molar-refractivity contribution in [3.05, 3.63) is 29.8 Å². The van der Waals surface area contributed by atoms with Crippen molar-refractivity contribution >= 4 is 11.6 Å². The SMILES string of the molecule is Nc1ccc(C(=O)N2CCCNC2)cc1. The van der Waals surface area contributed by atoms with Gasteiger partial charge in [-0.15, -0.1) is 0 Å². The van der Waals surface area contributed by atoms with Gasteiger partial charge in [-0.1, -0.05) is 0 Å². The van der Waals surface area contributed by atoms with Crippen LogP contribution in [0.3, 0.4) is 0 Å². The molecule has 1 fully saturated rings. The lowest BCUT2D eigenvalue weighted by molar-refractivity contribution is 0.0712. The van der Waals surface area contributed by atoms with Crippen molar-refractivity contribution in [1.82, 2.24) is 10.2 Å². The average molecular weight is 205 g/mol. The first-order chi connectivity index (χ1) is 7.27. The highest BCUT2D eigenvalue weighted by atomic mass is 16.2. The molecule has 4 nitrogen and oxygen atoms in total. The van der Waals surface area contributed by atoms with E-state index in [1.807, 2.05) is 4.90 Å². The van der Waals surface area contributed by atoms with E-state index in [1.54, 1.807) is 24.3 Å². The van der Waals surface area contributed by atoms with Crippen molar-refractivity contribution in [3.8, 4) is 0 Å². The van der Waals surface area contributed by atoms with Crippen molar-refractivity contribution in [2.75, 3.05) is 25.5 Å². The molecule has 4 heteroatoms. The number of amides is 1. The van der Waals surface area contributed by atoms with E-state index in [9.17, 15) is 4.79 Å². The first kappa shape index (κ1) is 9.98. The van der Waals surface area contributed by atoms with Gasteiger partial charge in [0.25, 0.3) is 5.91 Å². The topological polar surface area (TPSA) is 58.4 Å². The van der Waals surface area contributed by atoms with Gasteiger partial charge in [0, 0.05) is 17.8 Å². The van der Waals surface area contributed by atoms with E-state index in [-0.39, 0.29) is 5.91 Å². The van der Waals surface area contributed by atoms with E-state index in [0.29, 0.717) is 17.9 Å². The summed E-state index contributed by atoms with van der Waals surface area (Å²) in [6, 6.07) is 7.05. The molecule has 15 heavy (non-hydrogen) atoms. The Bertz CT molecular complexity index is 341. The van der Waals surface area contributed by atoms with Crippen LogP contribution in [0.2, 0.25) is 0 Å². The predicted molar refractivity (Wildman–Crippen MR) is 59.4 cm³/mol. The van der Waals surface area contributed by atoms with Gasteiger partial charge >= 0.3 is 0 Å². The maximum Gasteiger partial charge on any atom is 0.254 e. The zero-order valence-electron chi connectivity index (χ0n) is 8.57. The molecule has 0 radical (unpaired) electrons. The number of carbonyl (C=O) groups is 1. The molecule has 1 aromatic carbocycles. The Morgan fingerprint density at radius 1 is 1.33 bits per heavy atom. The van der Waals surface area contributed by atoms with Crippen LogP contribution in [0.4, 0.5) is 5.69 Å². The van der Waals surface area contributed by atoms with E-state index < -0.39 is 0 Å². The summed E-state index contributed by atoms with van der Waals surface area (Å²) in [6.07, 6.45) is 1.01. The Morgan fingerprint density at radius 2 is 2.07 bits per heavy atom. The number of carbonyl (C=O) groups excluding carboxylic acids is 1. The fourth-order valence-electron chi connectivity index (χ4n) is 1.67. The molecule has 0 atom stereocenters. The number of anilines is 1. The normalized spacial score (nSPS) is 16.4. The summed E-state index contributed by atoms with van der Waals surface area (Å²) in [7, 11) is 0. The highest BCUT2D eigenvalue weighted by Gasteiger charge is 2.17. The molecule has 0 aliphatic carbocycles. The summed E-state index contributed by atoms with van der Waals surface area (Å²) in [5.41, 5.74) is 6.95. The van der Waals surface area contributed by atoms with Gasteiger partial charge in [0.15, 0.2) is 0 Å². The highest BCUT2D eigenvalue weighted by molar-refractivity contribution is 5.94. The molecular formula is C11H15N3O. The molecule has 0 saturated carbocycles. The number of hydrogen-bond donors (Lipinski definition) is 2. The minimum absolute atomic E-state index is 0.0715. The van der Waals surface area contributed by atoms with E-state index in [4.69, 9.17) is 5.73 Å². The van der Waals surface area contributed by atoms with Crippen LogP contribution in [0.5, 0.6) is 0 Å². The Morgan fingerprint density at radius 3 is 2.67 bits per heavy atom. The van der Waals surface area contributed by atoms with Gasteiger partial charge in [0.05, 0.1) is 6.67 Å². The first-order valence-corrected chi connectivity index (χ1v) is 5.13. The van der Waals surface area contributed by atoms with Gasteiger partial charge in [0.2, 0.25) is 0 Å². The number of nitrogen functional groups attached to an aromatic ring is 1. The third kappa shape index (κ3) is 2.27. The quantitative estimate of drug-likeness (QED) is 0.662. The molecule has 2 rings (SSSR count). The Kier molecular flexibility index (Phi) is 2.87. The lowest BCUT2D eigenvalue weighted by Crippen LogP contribution is -2.44. The van der Waals surface area contributed by atoms with Crippen LogP contribution in [-0.2, 0) is 0 Å². The average Bonchev–Trinajstić information content (AvgIpc) is 2.30. The fraction of sp³-hybridized carbons (Fsp3) is 0.364. The molecule has 1 aromatic rings. The van der Waals surface area contributed by atoms with Crippen molar-refractivity contribution in [2.24, 2.45) is 0 Å². The molecule has 0 bridgehead atoms. The number of nitrogens with zero attached hydrogens (tertiary/aromatic N) is 1. The van der Waals surface area contributed by atoms with E-state index >= 15 is 0 Å². The van der Waals surface area contributed by atoms with Crippen molar-refractivity contribution < 1.29 is 4.79 Å². The second-order valence-electron chi connectivity index (χ2n) is 3.70. The van der Waals surface area contributed by atoms with E-state index in [1.165, 1.54) is 0 Å². The minimum Gasteiger partial charge on any atom is -0.399 e. The molecule has 80 valence electrons. The largest absolute Gasteiger partial charge is 0.399 e. The standard InChI is InChI=1S/C11H15N3O/c12-10-4-2-9(3-5-10)11(15)14-7-1-6-13-8-14/h2-5,13H,1,6-8,12H2. The van der Waals surface area contributed by atoms with Gasteiger partial charge in [-0.2, -0.15) is 0 Å². The van der Waals surface area contributed by atoms with Gasteiger partial charge < -0.3 is 10.6 Å². The van der Waals surface area contributed by atoms with Crippen LogP contribution in [0.1, 0.15) is 16.8 Å². The Labute approximate surface area is 89.1 Å². The Balaban J connectivity index is 2.09. The molecule has 0 unspecified atom stereocenters. The summed E-state index contributed by atoms with van der Waals surface area (Å²) in [5, 5.41) is 3.18. The van der Waals surface area contributed by atoms with Crippen LogP contribution in [0.15, 0.2) is 24.3 Å². The lowest BCUT2D eigenvalue weighted by Gasteiger charge is -2.27. The number of hydrogen-bond acceptors (Lipinski definition) is 3. The third-order valence-corrected chi connectivity index (χ3v) is 2.53. The van der Waals surface area contributed by atoms with Gasteiger partial charge in [-0.3, -0.25) is 10.1 Å². The van der Waals surface area contributed by atoms with Crippen molar-refractivity contribution in [1.29, 1.82) is 0 Å². The van der Waals surface area contributed by atoms with Gasteiger partial charge in [0.1, 0.15) is 0 Å². The molecule has 1 heterocycles. The van der Waals surface area contributed by atoms with Gasteiger partial charge in [-0.05, 0) is 37.2 Å². The summed E-state index contributed by atoms with van der Waals surface area (Å²) in [5.74, 6) is 0.0715. The summed E-state index contributed by atoms with van der Waals surface area (Å²) >= 11 is 0. The number of rotatable bonds is 1. The number of nitrogens with one attached hydrogen (secondary N) is 1. The van der Waals surface area contributed by atoms with Gasteiger partial charge in [-0.25, -0.2) is 0 Å². The van der Waals surface area contributed by atoms with Crippen LogP contribution in [-0.4, -0.2) is 30.6 Å². The molecule has 1 amide bonds. The number of nitrogens with two attached hydrogens (primary N) is 1. The van der Waals surface area contributed by atoms with Crippen LogP contribution in [0, 0.1) is 0 Å². The molecule has 3 N–H and O–H groups in total. The fourth-order valence-corrected chi connectivity index (χ4v) is 1.67. The van der Waals surface area contributed by atoms with Crippen LogP contribution < -0.4 is 11.1 Å². The van der Waals surface area contributed by atoms with E-state index in [0.717, 1.165) is 19.5 Å². The molecule has 1 saturated heterocycles. The second kappa shape index (κ2) is 4.31. The van der Waals surface area contributed by atoms with E-state index in [2.05, 4.69) is 5.32 Å². The predicted octanol–water partition coefficient (Wildman–Crippen LogP) is 0.662. The van der Waals surface area contributed by atoms with Crippen molar-refractivity contribution in [3.63, 3.8) is 0 Å². The Hall–Kier alpha value is -1.55. The molecular weight excluding hydrogens is 190 g/mol. The molecule has 1 aliphatic rings. The summed E-state index contributed by atoms with van der Waals surface area (Å²) < 4.78 is 0. The van der Waals surface area contributed by atoms with Crippen molar-refractivity contribution in [2.45, 2.75) is 6.42 Å². The van der Waals surface area contributed by atoms with Crippen LogP contribution >= 0.6 is 0 Å². The summed E-state index contributed by atoms with van der Waals surface area (Å²) in [4.78, 5) is 13.8. The second-order valence-corrected chi connectivity index (χ2v) is 3.70. The van der Waals surface area contributed by atoms with Crippen LogP contribution in [0.25, 0.3) is 0 Å². The zero-order chi connectivity index (χ0) is 10.7. The smallest absolute Gasteiger partial charge is 0.254 e. The molecule has 0 spiro atoms.